The molecule has 0 radical (unpaired) electrons. The summed E-state index contributed by atoms with van der Waals surface area (Å²) in [5, 5.41) is 3.02. The Balaban J connectivity index is 2.77. The first-order valence-electron chi connectivity index (χ1n) is 6.53. The summed E-state index contributed by atoms with van der Waals surface area (Å²) < 4.78 is 5.04. The van der Waals surface area contributed by atoms with Crippen LogP contribution in [0.3, 0.4) is 0 Å². The van der Waals surface area contributed by atoms with Crippen LogP contribution in [-0.2, 0) is 11.3 Å². The molecule has 1 aromatic carbocycles. The van der Waals surface area contributed by atoms with E-state index in [1.165, 1.54) is 0 Å². The highest BCUT2D eigenvalue weighted by molar-refractivity contribution is 5.94. The quantitative estimate of drug-likeness (QED) is 0.825. The lowest BCUT2D eigenvalue weighted by atomic mass is 9.88. The Hall–Kier alpha value is -1.39. The lowest BCUT2D eigenvalue weighted by Crippen LogP contribution is -2.55. The van der Waals surface area contributed by atoms with Gasteiger partial charge in [-0.05, 0) is 30.5 Å². The van der Waals surface area contributed by atoms with Crippen LogP contribution >= 0.6 is 0 Å². The molecular weight excluding hydrogens is 240 g/mol. The fourth-order valence-electron chi connectivity index (χ4n) is 1.68. The third-order valence-electron chi connectivity index (χ3n) is 3.62. The molecular formula is C15H24N2O2. The number of hydrogen-bond donors (Lipinski definition) is 2. The monoisotopic (exact) mass is 264 g/mol. The zero-order valence-electron chi connectivity index (χ0n) is 12.2. The fraction of sp³-hybridized carbons (Fsp3) is 0.533. The number of ether oxygens (including phenoxy) is 1. The van der Waals surface area contributed by atoms with Crippen LogP contribution in [-0.4, -0.2) is 25.1 Å². The van der Waals surface area contributed by atoms with E-state index >= 15 is 0 Å². The molecule has 1 rings (SSSR count). The van der Waals surface area contributed by atoms with Crippen molar-refractivity contribution in [3.63, 3.8) is 0 Å². The molecule has 0 aliphatic heterocycles. The van der Waals surface area contributed by atoms with E-state index in [2.05, 4.69) is 19.2 Å². The van der Waals surface area contributed by atoms with E-state index in [4.69, 9.17) is 10.5 Å². The zero-order valence-corrected chi connectivity index (χ0v) is 12.2. The number of nitrogens with two attached hydrogens (primary N) is 1. The van der Waals surface area contributed by atoms with Crippen LogP contribution < -0.4 is 11.1 Å². The Morgan fingerprint density at radius 2 is 1.95 bits per heavy atom. The van der Waals surface area contributed by atoms with E-state index in [0.717, 1.165) is 5.56 Å². The summed E-state index contributed by atoms with van der Waals surface area (Å²) in [4.78, 5) is 12.2. The van der Waals surface area contributed by atoms with Crippen LogP contribution in [0.25, 0.3) is 0 Å². The molecule has 0 heterocycles. The van der Waals surface area contributed by atoms with Gasteiger partial charge < -0.3 is 15.8 Å². The van der Waals surface area contributed by atoms with Gasteiger partial charge >= 0.3 is 0 Å². The second-order valence-electron chi connectivity index (χ2n) is 5.36. The number of nitrogens with one attached hydrogen (secondary N) is 1. The molecule has 19 heavy (non-hydrogen) atoms. The van der Waals surface area contributed by atoms with Crippen LogP contribution in [0, 0.1) is 5.92 Å². The molecule has 0 aliphatic rings. The van der Waals surface area contributed by atoms with Crippen molar-refractivity contribution >= 4 is 5.91 Å². The third kappa shape index (κ3) is 4.04. The number of benzene rings is 1. The minimum Gasteiger partial charge on any atom is -0.380 e. The van der Waals surface area contributed by atoms with Crippen LogP contribution in [0.15, 0.2) is 24.3 Å². The van der Waals surface area contributed by atoms with Crippen molar-refractivity contribution in [1.29, 1.82) is 0 Å². The molecule has 4 heteroatoms. The summed E-state index contributed by atoms with van der Waals surface area (Å²) >= 11 is 0. The number of rotatable bonds is 6. The largest absolute Gasteiger partial charge is 0.380 e. The maximum Gasteiger partial charge on any atom is 0.251 e. The molecule has 1 unspecified atom stereocenters. The Morgan fingerprint density at radius 3 is 2.37 bits per heavy atom. The third-order valence-corrected chi connectivity index (χ3v) is 3.62. The summed E-state index contributed by atoms with van der Waals surface area (Å²) in [6.07, 6.45) is 0. The molecule has 0 aromatic heterocycles. The molecule has 0 saturated heterocycles. The standard InChI is InChI=1S/C15H24N2O2/c1-11(2)15(3,10-16)17-14(18)13-7-5-12(6-8-13)9-19-4/h5-8,11H,9-10,16H2,1-4H3,(H,17,18). The topological polar surface area (TPSA) is 64.3 Å². The van der Waals surface area contributed by atoms with Gasteiger partial charge in [-0.15, -0.1) is 0 Å². The molecule has 1 aromatic rings. The van der Waals surface area contributed by atoms with Gasteiger partial charge in [-0.3, -0.25) is 4.79 Å². The highest BCUT2D eigenvalue weighted by Crippen LogP contribution is 2.16. The maximum atomic E-state index is 12.2. The molecule has 0 spiro atoms. The zero-order chi connectivity index (χ0) is 14.5. The van der Waals surface area contributed by atoms with Crippen molar-refractivity contribution in [2.75, 3.05) is 13.7 Å². The molecule has 3 N–H and O–H groups in total. The molecule has 0 bridgehead atoms. The number of hydrogen-bond acceptors (Lipinski definition) is 3. The highest BCUT2D eigenvalue weighted by atomic mass is 16.5. The SMILES string of the molecule is COCc1ccc(C(=O)NC(C)(CN)C(C)C)cc1. The lowest BCUT2D eigenvalue weighted by molar-refractivity contribution is 0.0883. The molecule has 0 fully saturated rings. The van der Waals surface area contributed by atoms with Crippen molar-refractivity contribution < 1.29 is 9.53 Å². The summed E-state index contributed by atoms with van der Waals surface area (Å²) in [6, 6.07) is 7.41. The number of carbonyl (C=O) groups excluding carboxylic acids is 1. The average Bonchev–Trinajstić information content (AvgIpc) is 2.39. The van der Waals surface area contributed by atoms with Gasteiger partial charge in [0, 0.05) is 19.2 Å². The first kappa shape index (κ1) is 15.7. The van der Waals surface area contributed by atoms with Gasteiger partial charge in [0.05, 0.1) is 12.1 Å². The van der Waals surface area contributed by atoms with Crippen molar-refractivity contribution in [1.82, 2.24) is 5.32 Å². The van der Waals surface area contributed by atoms with Gasteiger partial charge in [-0.2, -0.15) is 0 Å². The van der Waals surface area contributed by atoms with Crippen LogP contribution in [0.5, 0.6) is 0 Å². The average molecular weight is 264 g/mol. The van der Waals surface area contributed by atoms with Crippen LogP contribution in [0.1, 0.15) is 36.7 Å². The lowest BCUT2D eigenvalue weighted by Gasteiger charge is -2.33. The van der Waals surface area contributed by atoms with E-state index in [0.29, 0.717) is 18.7 Å². The Morgan fingerprint density at radius 1 is 1.37 bits per heavy atom. The van der Waals surface area contributed by atoms with Gasteiger partial charge in [0.2, 0.25) is 0 Å². The number of methoxy groups -OCH3 is 1. The second kappa shape index (κ2) is 6.68. The van der Waals surface area contributed by atoms with Gasteiger partial charge in [-0.1, -0.05) is 26.0 Å². The predicted molar refractivity (Wildman–Crippen MR) is 76.9 cm³/mol. The summed E-state index contributed by atoms with van der Waals surface area (Å²) in [7, 11) is 1.65. The summed E-state index contributed by atoms with van der Waals surface area (Å²) in [5.74, 6) is 0.180. The van der Waals surface area contributed by atoms with Gasteiger partial charge in [0.25, 0.3) is 5.91 Å². The number of carbonyl (C=O) groups is 1. The van der Waals surface area contributed by atoms with E-state index in [9.17, 15) is 4.79 Å². The van der Waals surface area contributed by atoms with Crippen molar-refractivity contribution in [2.45, 2.75) is 32.9 Å². The normalized spacial score (nSPS) is 14.2. The van der Waals surface area contributed by atoms with Crippen molar-refractivity contribution in [2.24, 2.45) is 11.7 Å². The minimum absolute atomic E-state index is 0.0920. The van der Waals surface area contributed by atoms with Crippen LogP contribution in [0.4, 0.5) is 0 Å². The fourth-order valence-corrected chi connectivity index (χ4v) is 1.68. The molecule has 0 aliphatic carbocycles. The van der Waals surface area contributed by atoms with Gasteiger partial charge in [-0.25, -0.2) is 0 Å². The van der Waals surface area contributed by atoms with E-state index < -0.39 is 0 Å². The number of amides is 1. The summed E-state index contributed by atoms with van der Waals surface area (Å²) in [6.45, 7) is 7.03. The Bertz CT molecular complexity index is 415. The highest BCUT2D eigenvalue weighted by Gasteiger charge is 2.28. The van der Waals surface area contributed by atoms with Crippen molar-refractivity contribution in [3.8, 4) is 0 Å². The smallest absolute Gasteiger partial charge is 0.251 e. The van der Waals surface area contributed by atoms with E-state index in [1.54, 1.807) is 19.2 Å². The molecule has 0 saturated carbocycles. The van der Waals surface area contributed by atoms with Gasteiger partial charge in [0.15, 0.2) is 0 Å². The van der Waals surface area contributed by atoms with Crippen LogP contribution in [0.2, 0.25) is 0 Å². The molecule has 1 amide bonds. The first-order valence-corrected chi connectivity index (χ1v) is 6.53. The molecule has 106 valence electrons. The molecule has 4 nitrogen and oxygen atoms in total. The van der Waals surface area contributed by atoms with E-state index in [1.807, 2.05) is 19.1 Å². The predicted octanol–water partition coefficient (Wildman–Crippen LogP) is 1.94. The van der Waals surface area contributed by atoms with Crippen molar-refractivity contribution in [3.05, 3.63) is 35.4 Å². The Labute approximate surface area is 115 Å². The summed E-state index contributed by atoms with van der Waals surface area (Å²) in [5.41, 5.74) is 7.07. The first-order chi connectivity index (χ1) is 8.92. The maximum absolute atomic E-state index is 12.2. The van der Waals surface area contributed by atoms with E-state index in [-0.39, 0.29) is 17.4 Å². The Kier molecular flexibility index (Phi) is 5.51. The molecule has 1 atom stereocenters. The second-order valence-corrected chi connectivity index (χ2v) is 5.36. The van der Waals surface area contributed by atoms with Gasteiger partial charge in [0.1, 0.15) is 0 Å². The minimum atomic E-state index is -0.387.